The molecule has 1 aliphatic rings. The first kappa shape index (κ1) is 9.09. The second-order valence-corrected chi connectivity index (χ2v) is 5.21. The van der Waals surface area contributed by atoms with Gasteiger partial charge in [-0.05, 0) is 31.2 Å². The van der Waals surface area contributed by atoms with Gasteiger partial charge in [0.15, 0.2) is 4.83 Å². The lowest BCUT2D eigenvalue weighted by atomic mass is 9.97. The summed E-state index contributed by atoms with van der Waals surface area (Å²) in [6, 6.07) is 0. The molecule has 0 fully saturated rings. The third kappa shape index (κ3) is 1.24. The smallest absolute Gasteiger partial charge is 0.241 e. The van der Waals surface area contributed by atoms with Crippen molar-refractivity contribution >= 4 is 21.6 Å². The van der Waals surface area contributed by atoms with Crippen LogP contribution in [0.2, 0.25) is 0 Å². The lowest BCUT2D eigenvalue weighted by Gasteiger charge is -2.08. The third-order valence-electron chi connectivity index (χ3n) is 3.09. The molecule has 1 N–H and O–H groups in total. The SMILES string of the molecule is Cn1c[nH+]c2sc3c(c2c1=O)CCCC3. The van der Waals surface area contributed by atoms with Crippen molar-refractivity contribution in [2.45, 2.75) is 25.7 Å². The molecule has 2 aromatic heterocycles. The first-order valence-electron chi connectivity index (χ1n) is 5.29. The molecule has 0 unspecified atom stereocenters. The van der Waals surface area contributed by atoms with Crippen LogP contribution in [0.3, 0.4) is 0 Å². The highest BCUT2D eigenvalue weighted by Gasteiger charge is 2.21. The number of H-pyrrole nitrogens is 1. The van der Waals surface area contributed by atoms with Gasteiger partial charge < -0.3 is 0 Å². The van der Waals surface area contributed by atoms with Gasteiger partial charge in [-0.2, -0.15) is 0 Å². The molecular weight excluding hydrogens is 208 g/mol. The average molecular weight is 221 g/mol. The van der Waals surface area contributed by atoms with Crippen molar-refractivity contribution in [2.75, 3.05) is 0 Å². The van der Waals surface area contributed by atoms with E-state index in [-0.39, 0.29) is 5.56 Å². The van der Waals surface area contributed by atoms with E-state index in [2.05, 4.69) is 4.98 Å². The van der Waals surface area contributed by atoms with Crippen LogP contribution in [0.5, 0.6) is 0 Å². The van der Waals surface area contributed by atoms with Gasteiger partial charge in [-0.3, -0.25) is 0 Å². The number of hydrogen-bond acceptors (Lipinski definition) is 2. The Labute approximate surface area is 91.4 Å². The molecule has 0 amide bonds. The molecular formula is C11H13N2OS+. The average Bonchev–Trinajstić information content (AvgIpc) is 2.62. The molecule has 1 aliphatic carbocycles. The van der Waals surface area contributed by atoms with Crippen LogP contribution in [0.1, 0.15) is 23.3 Å². The maximum atomic E-state index is 12.0. The summed E-state index contributed by atoms with van der Waals surface area (Å²) >= 11 is 1.75. The van der Waals surface area contributed by atoms with Crippen molar-refractivity contribution in [1.29, 1.82) is 0 Å². The molecule has 3 nitrogen and oxygen atoms in total. The fraction of sp³-hybridized carbons (Fsp3) is 0.455. The van der Waals surface area contributed by atoms with Crippen molar-refractivity contribution in [1.82, 2.24) is 4.57 Å². The lowest BCUT2D eigenvalue weighted by Crippen LogP contribution is -2.23. The quantitative estimate of drug-likeness (QED) is 0.660. The number of aromatic nitrogens is 2. The van der Waals surface area contributed by atoms with Crippen molar-refractivity contribution in [2.24, 2.45) is 7.05 Å². The number of nitrogens with one attached hydrogen (secondary N) is 1. The minimum Gasteiger partial charge on any atom is -0.241 e. The number of aromatic amines is 1. The van der Waals surface area contributed by atoms with Gasteiger partial charge in [0.1, 0.15) is 5.39 Å². The molecule has 0 aliphatic heterocycles. The number of fused-ring (bicyclic) bond motifs is 3. The Morgan fingerprint density at radius 1 is 1.40 bits per heavy atom. The molecule has 2 aromatic rings. The van der Waals surface area contributed by atoms with Gasteiger partial charge in [0.05, 0.1) is 7.05 Å². The summed E-state index contributed by atoms with van der Waals surface area (Å²) in [5, 5.41) is 0.930. The molecule has 0 atom stereocenters. The number of rotatable bonds is 0. The van der Waals surface area contributed by atoms with Crippen LogP contribution in [0, 0.1) is 0 Å². The minimum absolute atomic E-state index is 0.142. The van der Waals surface area contributed by atoms with Gasteiger partial charge in [0.25, 0.3) is 0 Å². The van der Waals surface area contributed by atoms with Crippen LogP contribution < -0.4 is 10.5 Å². The van der Waals surface area contributed by atoms with E-state index in [1.165, 1.54) is 23.3 Å². The highest BCUT2D eigenvalue weighted by molar-refractivity contribution is 7.18. The lowest BCUT2D eigenvalue weighted by molar-refractivity contribution is -0.349. The van der Waals surface area contributed by atoms with E-state index in [9.17, 15) is 4.79 Å². The second-order valence-electron chi connectivity index (χ2n) is 4.10. The first-order valence-corrected chi connectivity index (χ1v) is 6.10. The summed E-state index contributed by atoms with van der Waals surface area (Å²) in [5.74, 6) is 0. The second kappa shape index (κ2) is 3.17. The zero-order valence-electron chi connectivity index (χ0n) is 8.67. The molecule has 0 saturated heterocycles. The third-order valence-corrected chi connectivity index (χ3v) is 4.32. The Morgan fingerprint density at radius 2 is 2.20 bits per heavy atom. The van der Waals surface area contributed by atoms with E-state index in [0.717, 1.165) is 23.1 Å². The summed E-state index contributed by atoms with van der Waals surface area (Å²) in [6.45, 7) is 0. The zero-order chi connectivity index (χ0) is 10.4. The van der Waals surface area contributed by atoms with Gasteiger partial charge in [0, 0.05) is 4.88 Å². The summed E-state index contributed by atoms with van der Waals surface area (Å²) in [6.07, 6.45) is 6.44. The van der Waals surface area contributed by atoms with Crippen LogP contribution in [0.4, 0.5) is 0 Å². The maximum Gasteiger partial charge on any atom is 0.346 e. The molecule has 3 rings (SSSR count). The monoisotopic (exact) mass is 221 g/mol. The highest BCUT2D eigenvalue weighted by atomic mass is 32.1. The predicted molar refractivity (Wildman–Crippen MR) is 60.3 cm³/mol. The number of thiophene rings is 1. The molecule has 4 heteroatoms. The molecule has 0 spiro atoms. The summed E-state index contributed by atoms with van der Waals surface area (Å²) in [7, 11) is 1.80. The summed E-state index contributed by atoms with van der Waals surface area (Å²) in [4.78, 5) is 17.7. The van der Waals surface area contributed by atoms with Gasteiger partial charge >= 0.3 is 5.56 Å². The van der Waals surface area contributed by atoms with E-state index >= 15 is 0 Å². The molecule has 2 heterocycles. The van der Waals surface area contributed by atoms with E-state index < -0.39 is 0 Å². The number of nitrogens with zero attached hydrogens (tertiary/aromatic N) is 1. The Bertz CT molecular complexity index is 582. The Morgan fingerprint density at radius 3 is 3.07 bits per heavy atom. The van der Waals surface area contributed by atoms with Crippen LogP contribution >= 0.6 is 11.3 Å². The Hall–Kier alpha value is -1.16. The van der Waals surface area contributed by atoms with E-state index in [1.807, 2.05) is 0 Å². The summed E-state index contributed by atoms with van der Waals surface area (Å²) in [5.41, 5.74) is 1.45. The molecule has 0 bridgehead atoms. The fourth-order valence-electron chi connectivity index (χ4n) is 2.28. The van der Waals surface area contributed by atoms with Gasteiger partial charge in [-0.15, -0.1) is 0 Å². The minimum atomic E-state index is 0.142. The molecule has 0 radical (unpaired) electrons. The largest absolute Gasteiger partial charge is 0.346 e. The first-order chi connectivity index (χ1) is 7.27. The van der Waals surface area contributed by atoms with E-state index in [0.29, 0.717) is 0 Å². The molecule has 15 heavy (non-hydrogen) atoms. The van der Waals surface area contributed by atoms with Crippen LogP contribution in [0.15, 0.2) is 11.1 Å². The topological polar surface area (TPSA) is 36.1 Å². The van der Waals surface area contributed by atoms with Crippen molar-refractivity contribution < 1.29 is 4.98 Å². The van der Waals surface area contributed by atoms with Gasteiger partial charge in [-0.1, -0.05) is 11.3 Å². The Kier molecular flexibility index (Phi) is 1.92. The van der Waals surface area contributed by atoms with E-state index in [1.54, 1.807) is 29.3 Å². The molecule has 0 saturated carbocycles. The van der Waals surface area contributed by atoms with Crippen molar-refractivity contribution in [3.63, 3.8) is 0 Å². The fourth-order valence-corrected chi connectivity index (χ4v) is 3.53. The van der Waals surface area contributed by atoms with Crippen molar-refractivity contribution in [3.05, 3.63) is 27.1 Å². The van der Waals surface area contributed by atoms with Gasteiger partial charge in [-0.25, -0.2) is 14.3 Å². The van der Waals surface area contributed by atoms with E-state index in [4.69, 9.17) is 0 Å². The summed E-state index contributed by atoms with van der Waals surface area (Å²) < 4.78 is 1.63. The number of hydrogen-bond donors (Lipinski definition) is 0. The van der Waals surface area contributed by atoms with Gasteiger partial charge in [0.2, 0.25) is 6.33 Å². The maximum absolute atomic E-state index is 12.0. The van der Waals surface area contributed by atoms with Crippen LogP contribution in [-0.4, -0.2) is 4.57 Å². The zero-order valence-corrected chi connectivity index (χ0v) is 9.49. The molecule has 78 valence electrons. The molecule has 0 aromatic carbocycles. The van der Waals surface area contributed by atoms with Crippen molar-refractivity contribution in [3.8, 4) is 0 Å². The van der Waals surface area contributed by atoms with Crippen LogP contribution in [0.25, 0.3) is 10.2 Å². The highest BCUT2D eigenvalue weighted by Crippen LogP contribution is 2.32. The standard InChI is InChI=1S/C11H12N2OS/c1-13-6-12-10-9(11(13)14)7-4-2-3-5-8(7)15-10/h6H,2-5H2,1H3/p+1. The van der Waals surface area contributed by atoms with Crippen LogP contribution in [-0.2, 0) is 19.9 Å². The number of aryl methyl sites for hydroxylation is 3. The predicted octanol–water partition coefficient (Wildman–Crippen LogP) is 1.29. The Balaban J connectivity index is 2.44. The normalized spacial score (nSPS) is 15.5.